The topological polar surface area (TPSA) is 61.0 Å². The molecule has 17 heavy (non-hydrogen) atoms. The van der Waals surface area contributed by atoms with Crippen molar-refractivity contribution in [3.8, 4) is 5.75 Å². The Balaban J connectivity index is 2.40. The van der Waals surface area contributed by atoms with Gasteiger partial charge in [-0.25, -0.2) is 9.97 Å². The van der Waals surface area contributed by atoms with Gasteiger partial charge in [0.05, 0.1) is 18.8 Å². The lowest BCUT2D eigenvalue weighted by atomic mass is 10.0. The summed E-state index contributed by atoms with van der Waals surface area (Å²) < 4.78 is 5.29. The highest BCUT2D eigenvalue weighted by molar-refractivity contribution is 5.39. The van der Waals surface area contributed by atoms with Crippen molar-refractivity contribution in [2.24, 2.45) is 5.73 Å². The third-order valence-electron chi connectivity index (χ3n) is 2.59. The van der Waals surface area contributed by atoms with Crippen molar-refractivity contribution in [1.82, 2.24) is 9.97 Å². The lowest BCUT2D eigenvalue weighted by Gasteiger charge is -2.15. The summed E-state index contributed by atoms with van der Waals surface area (Å²) in [5.74, 6) is 1.49. The number of para-hydroxylation sites is 1. The second kappa shape index (κ2) is 4.93. The molecular formula is C13H15N3O. The number of nitrogens with zero attached hydrogens (tertiary/aromatic N) is 2. The highest BCUT2D eigenvalue weighted by atomic mass is 16.5. The second-order valence-electron chi connectivity index (χ2n) is 3.75. The van der Waals surface area contributed by atoms with Crippen molar-refractivity contribution in [2.45, 2.75) is 13.0 Å². The van der Waals surface area contributed by atoms with E-state index in [1.54, 1.807) is 13.3 Å². The minimum absolute atomic E-state index is 0.298. The van der Waals surface area contributed by atoms with Crippen LogP contribution in [-0.2, 0) is 0 Å². The highest BCUT2D eigenvalue weighted by Gasteiger charge is 2.14. The van der Waals surface area contributed by atoms with Crippen molar-refractivity contribution in [1.29, 1.82) is 0 Å². The first-order valence-electron chi connectivity index (χ1n) is 5.40. The van der Waals surface area contributed by atoms with Crippen LogP contribution in [0.4, 0.5) is 0 Å². The predicted octanol–water partition coefficient (Wildman–Crippen LogP) is 1.84. The number of ether oxygens (including phenoxy) is 1. The van der Waals surface area contributed by atoms with Gasteiger partial charge in [-0.15, -0.1) is 0 Å². The Kier molecular flexibility index (Phi) is 3.35. The van der Waals surface area contributed by atoms with Crippen LogP contribution in [0.5, 0.6) is 5.75 Å². The summed E-state index contributed by atoms with van der Waals surface area (Å²) in [6.07, 6.45) is 1.72. The first kappa shape index (κ1) is 11.5. The summed E-state index contributed by atoms with van der Waals surface area (Å²) in [5.41, 5.74) is 7.91. The molecule has 4 nitrogen and oxygen atoms in total. The van der Waals surface area contributed by atoms with E-state index < -0.39 is 0 Å². The Hall–Kier alpha value is -1.94. The zero-order valence-electron chi connectivity index (χ0n) is 9.92. The molecule has 0 aliphatic rings. The molecule has 2 N–H and O–H groups in total. The fourth-order valence-corrected chi connectivity index (χ4v) is 1.73. The molecule has 0 saturated carbocycles. The van der Waals surface area contributed by atoms with E-state index in [0.29, 0.717) is 5.82 Å². The SMILES string of the molecule is COc1ccccc1C(N)c1ccnc(C)n1. The van der Waals surface area contributed by atoms with E-state index in [9.17, 15) is 0 Å². The Labute approximate surface area is 100 Å². The van der Waals surface area contributed by atoms with E-state index in [0.717, 1.165) is 17.0 Å². The molecule has 0 radical (unpaired) electrons. The average molecular weight is 229 g/mol. The van der Waals surface area contributed by atoms with E-state index in [-0.39, 0.29) is 6.04 Å². The summed E-state index contributed by atoms with van der Waals surface area (Å²) in [6.45, 7) is 1.85. The zero-order chi connectivity index (χ0) is 12.3. The largest absolute Gasteiger partial charge is 0.496 e. The fourth-order valence-electron chi connectivity index (χ4n) is 1.73. The Morgan fingerprint density at radius 1 is 1.24 bits per heavy atom. The molecule has 1 unspecified atom stereocenters. The van der Waals surface area contributed by atoms with Gasteiger partial charge in [0.15, 0.2) is 0 Å². The normalized spacial score (nSPS) is 12.2. The summed E-state index contributed by atoms with van der Waals surface area (Å²) in [5, 5.41) is 0. The van der Waals surface area contributed by atoms with Crippen molar-refractivity contribution in [3.63, 3.8) is 0 Å². The second-order valence-corrected chi connectivity index (χ2v) is 3.75. The summed E-state index contributed by atoms with van der Waals surface area (Å²) in [6, 6.07) is 9.22. The van der Waals surface area contributed by atoms with Gasteiger partial charge in [0, 0.05) is 11.8 Å². The third kappa shape index (κ3) is 2.42. The van der Waals surface area contributed by atoms with Crippen molar-refractivity contribution >= 4 is 0 Å². The Bertz CT molecular complexity index is 514. The van der Waals surface area contributed by atoms with Gasteiger partial charge in [-0.1, -0.05) is 18.2 Å². The van der Waals surface area contributed by atoms with Crippen molar-refractivity contribution in [2.75, 3.05) is 7.11 Å². The van der Waals surface area contributed by atoms with Crippen molar-refractivity contribution in [3.05, 3.63) is 53.6 Å². The Morgan fingerprint density at radius 2 is 2.00 bits per heavy atom. The van der Waals surface area contributed by atoms with Gasteiger partial charge in [-0.3, -0.25) is 0 Å². The molecule has 0 amide bonds. The van der Waals surface area contributed by atoms with E-state index in [4.69, 9.17) is 10.5 Å². The molecule has 0 aliphatic heterocycles. The third-order valence-corrected chi connectivity index (χ3v) is 2.59. The predicted molar refractivity (Wildman–Crippen MR) is 65.8 cm³/mol. The van der Waals surface area contributed by atoms with E-state index in [1.165, 1.54) is 0 Å². The fraction of sp³-hybridized carbons (Fsp3) is 0.231. The first-order valence-corrected chi connectivity index (χ1v) is 5.40. The van der Waals surface area contributed by atoms with Crippen LogP contribution in [-0.4, -0.2) is 17.1 Å². The molecule has 0 saturated heterocycles. The van der Waals surface area contributed by atoms with Crippen LogP contribution in [0.1, 0.15) is 23.1 Å². The average Bonchev–Trinajstić information content (AvgIpc) is 2.38. The minimum Gasteiger partial charge on any atom is -0.496 e. The number of aryl methyl sites for hydroxylation is 1. The van der Waals surface area contributed by atoms with Crippen LogP contribution in [0.25, 0.3) is 0 Å². The van der Waals surface area contributed by atoms with Crippen LogP contribution in [0.15, 0.2) is 36.5 Å². The minimum atomic E-state index is -0.298. The lowest BCUT2D eigenvalue weighted by Crippen LogP contribution is -2.15. The maximum absolute atomic E-state index is 6.19. The number of hydrogen-bond acceptors (Lipinski definition) is 4. The lowest BCUT2D eigenvalue weighted by molar-refractivity contribution is 0.407. The van der Waals surface area contributed by atoms with Gasteiger partial charge in [-0.05, 0) is 19.1 Å². The number of nitrogens with two attached hydrogens (primary N) is 1. The van der Waals surface area contributed by atoms with Gasteiger partial charge in [-0.2, -0.15) is 0 Å². The van der Waals surface area contributed by atoms with Gasteiger partial charge in [0.25, 0.3) is 0 Å². The maximum Gasteiger partial charge on any atom is 0.125 e. The van der Waals surface area contributed by atoms with Gasteiger partial charge < -0.3 is 10.5 Å². The van der Waals surface area contributed by atoms with E-state index >= 15 is 0 Å². The Morgan fingerprint density at radius 3 is 2.71 bits per heavy atom. The van der Waals surface area contributed by atoms with Crippen LogP contribution in [0.2, 0.25) is 0 Å². The molecule has 88 valence electrons. The van der Waals surface area contributed by atoms with Crippen LogP contribution in [0.3, 0.4) is 0 Å². The van der Waals surface area contributed by atoms with Crippen molar-refractivity contribution < 1.29 is 4.74 Å². The van der Waals surface area contributed by atoms with E-state index in [1.807, 2.05) is 37.3 Å². The van der Waals surface area contributed by atoms with Crippen LogP contribution in [0, 0.1) is 6.92 Å². The molecule has 0 fully saturated rings. The van der Waals surface area contributed by atoms with Crippen LogP contribution >= 0.6 is 0 Å². The number of hydrogen-bond donors (Lipinski definition) is 1. The smallest absolute Gasteiger partial charge is 0.125 e. The molecule has 1 atom stereocenters. The summed E-state index contributed by atoms with van der Waals surface area (Å²) >= 11 is 0. The maximum atomic E-state index is 6.19. The first-order chi connectivity index (χ1) is 8.22. The molecule has 0 aliphatic carbocycles. The van der Waals surface area contributed by atoms with Gasteiger partial charge in [0.2, 0.25) is 0 Å². The number of benzene rings is 1. The molecule has 2 rings (SSSR count). The molecule has 4 heteroatoms. The van der Waals surface area contributed by atoms with Gasteiger partial charge >= 0.3 is 0 Å². The molecule has 0 bridgehead atoms. The monoisotopic (exact) mass is 229 g/mol. The molecular weight excluding hydrogens is 214 g/mol. The standard InChI is InChI=1S/C13H15N3O/c1-9-15-8-7-11(16-9)13(14)10-5-3-4-6-12(10)17-2/h3-8,13H,14H2,1-2H3. The van der Waals surface area contributed by atoms with Crippen LogP contribution < -0.4 is 10.5 Å². The number of aromatic nitrogens is 2. The summed E-state index contributed by atoms with van der Waals surface area (Å²) in [4.78, 5) is 8.39. The van der Waals surface area contributed by atoms with Gasteiger partial charge in [0.1, 0.15) is 11.6 Å². The molecule has 1 aromatic carbocycles. The number of methoxy groups -OCH3 is 1. The summed E-state index contributed by atoms with van der Waals surface area (Å²) in [7, 11) is 1.64. The zero-order valence-corrected chi connectivity index (χ0v) is 9.92. The molecule has 1 heterocycles. The molecule has 2 aromatic rings. The number of rotatable bonds is 3. The quantitative estimate of drug-likeness (QED) is 0.872. The molecule has 1 aromatic heterocycles. The van der Waals surface area contributed by atoms with E-state index in [2.05, 4.69) is 9.97 Å². The highest BCUT2D eigenvalue weighted by Crippen LogP contribution is 2.26. The molecule has 0 spiro atoms.